The molecule has 0 amide bonds. The molecule has 92 valence electrons. The van der Waals surface area contributed by atoms with Gasteiger partial charge in [0.05, 0.1) is 11.7 Å². The molecule has 1 heterocycles. The lowest BCUT2D eigenvalue weighted by Crippen LogP contribution is -2.19. The molecule has 4 rings (SSSR count). The summed E-state index contributed by atoms with van der Waals surface area (Å²) in [5, 5.41) is 2.60. The second-order valence-corrected chi connectivity index (χ2v) is 4.86. The van der Waals surface area contributed by atoms with Crippen LogP contribution in [0.1, 0.15) is 17.2 Å². The van der Waals surface area contributed by atoms with E-state index in [1.165, 1.54) is 27.6 Å². The molecule has 0 radical (unpaired) electrons. The van der Waals surface area contributed by atoms with Crippen LogP contribution >= 0.6 is 0 Å². The summed E-state index contributed by atoms with van der Waals surface area (Å²) < 4.78 is 0. The van der Waals surface area contributed by atoms with Gasteiger partial charge in [-0.3, -0.25) is 0 Å². The molecule has 0 saturated carbocycles. The Labute approximate surface area is 112 Å². The Morgan fingerprint density at radius 2 is 1.53 bits per heavy atom. The van der Waals surface area contributed by atoms with E-state index in [1.54, 1.807) is 0 Å². The van der Waals surface area contributed by atoms with Crippen molar-refractivity contribution in [3.63, 3.8) is 0 Å². The molecule has 1 aliphatic rings. The normalized spacial score (nSPS) is 17.2. The van der Waals surface area contributed by atoms with Crippen LogP contribution in [0.2, 0.25) is 0 Å². The first kappa shape index (κ1) is 10.6. The van der Waals surface area contributed by atoms with Crippen LogP contribution in [0.4, 0.5) is 5.69 Å². The van der Waals surface area contributed by atoms with Crippen LogP contribution in [0.25, 0.3) is 10.8 Å². The molecule has 2 N–H and O–H groups in total. The lowest BCUT2D eigenvalue weighted by Gasteiger charge is -2.13. The van der Waals surface area contributed by atoms with Gasteiger partial charge in [0.2, 0.25) is 0 Å². The third-order valence-electron chi connectivity index (χ3n) is 3.74. The van der Waals surface area contributed by atoms with E-state index in [0.29, 0.717) is 0 Å². The monoisotopic (exact) mass is 246 g/mol. The van der Waals surface area contributed by atoms with Crippen LogP contribution in [-0.2, 0) is 0 Å². The summed E-state index contributed by atoms with van der Waals surface area (Å²) in [6, 6.07) is 23.6. The van der Waals surface area contributed by atoms with Crippen molar-refractivity contribution >= 4 is 16.5 Å². The second kappa shape index (κ2) is 4.11. The van der Waals surface area contributed by atoms with Crippen LogP contribution in [0.5, 0.6) is 0 Å². The summed E-state index contributed by atoms with van der Waals surface area (Å²) in [4.78, 5) is 0. The summed E-state index contributed by atoms with van der Waals surface area (Å²) in [7, 11) is 0. The Morgan fingerprint density at radius 1 is 0.737 bits per heavy atom. The number of anilines is 1. The molecule has 2 heteroatoms. The van der Waals surface area contributed by atoms with Crippen molar-refractivity contribution in [2.24, 2.45) is 0 Å². The van der Waals surface area contributed by atoms with Gasteiger partial charge in [0.25, 0.3) is 0 Å². The van der Waals surface area contributed by atoms with Crippen LogP contribution in [-0.4, -0.2) is 0 Å². The van der Waals surface area contributed by atoms with E-state index < -0.39 is 0 Å². The summed E-state index contributed by atoms with van der Waals surface area (Å²) >= 11 is 0. The minimum atomic E-state index is 0.210. The highest BCUT2D eigenvalue weighted by Crippen LogP contribution is 2.38. The second-order valence-electron chi connectivity index (χ2n) is 4.86. The van der Waals surface area contributed by atoms with Crippen LogP contribution in [0, 0.1) is 0 Å². The minimum absolute atomic E-state index is 0.210. The van der Waals surface area contributed by atoms with Crippen molar-refractivity contribution in [2.45, 2.75) is 6.04 Å². The molecule has 2 nitrogen and oxygen atoms in total. The van der Waals surface area contributed by atoms with Gasteiger partial charge in [-0.25, -0.2) is 5.43 Å². The zero-order valence-electron chi connectivity index (χ0n) is 10.4. The van der Waals surface area contributed by atoms with Gasteiger partial charge in [0.1, 0.15) is 0 Å². The molecule has 1 aliphatic heterocycles. The summed E-state index contributed by atoms with van der Waals surface area (Å²) in [5.74, 6) is 0. The van der Waals surface area contributed by atoms with Crippen LogP contribution < -0.4 is 10.9 Å². The predicted molar refractivity (Wildman–Crippen MR) is 79.0 cm³/mol. The van der Waals surface area contributed by atoms with Gasteiger partial charge >= 0.3 is 0 Å². The number of hydrogen-bond donors (Lipinski definition) is 2. The van der Waals surface area contributed by atoms with Gasteiger partial charge < -0.3 is 5.43 Å². The molecule has 1 atom stereocenters. The Balaban J connectivity index is 1.97. The molecule has 19 heavy (non-hydrogen) atoms. The number of rotatable bonds is 1. The van der Waals surface area contributed by atoms with Gasteiger partial charge in [0.15, 0.2) is 0 Å². The lowest BCUT2D eigenvalue weighted by atomic mass is 9.94. The standard InChI is InChI=1S/C17H14N2/c1-2-7-13(8-3-1)17-16-14-9-5-4-6-12(14)10-11-15(16)18-19-17/h1-11,17-19H. The largest absolute Gasteiger partial charge is 0.320 e. The fourth-order valence-corrected chi connectivity index (χ4v) is 2.83. The molecule has 0 saturated heterocycles. The molecular formula is C17H14N2. The van der Waals surface area contributed by atoms with Crippen molar-refractivity contribution in [3.8, 4) is 0 Å². The van der Waals surface area contributed by atoms with E-state index >= 15 is 0 Å². The topological polar surface area (TPSA) is 24.1 Å². The molecule has 3 aromatic carbocycles. The van der Waals surface area contributed by atoms with Crippen LogP contribution in [0.3, 0.4) is 0 Å². The Bertz CT molecular complexity index is 735. The Hall–Kier alpha value is -2.32. The van der Waals surface area contributed by atoms with E-state index in [4.69, 9.17) is 0 Å². The van der Waals surface area contributed by atoms with Crippen molar-refractivity contribution in [2.75, 3.05) is 5.43 Å². The van der Waals surface area contributed by atoms with E-state index in [9.17, 15) is 0 Å². The minimum Gasteiger partial charge on any atom is -0.320 e. The third kappa shape index (κ3) is 1.61. The van der Waals surface area contributed by atoms with Gasteiger partial charge in [-0.1, -0.05) is 60.7 Å². The Morgan fingerprint density at radius 3 is 2.42 bits per heavy atom. The highest BCUT2D eigenvalue weighted by Gasteiger charge is 2.25. The van der Waals surface area contributed by atoms with Crippen molar-refractivity contribution in [1.82, 2.24) is 5.43 Å². The maximum atomic E-state index is 3.38. The maximum Gasteiger partial charge on any atom is 0.0786 e. The fourth-order valence-electron chi connectivity index (χ4n) is 2.83. The van der Waals surface area contributed by atoms with E-state index in [0.717, 1.165) is 0 Å². The number of nitrogens with one attached hydrogen (secondary N) is 2. The Kier molecular flexibility index (Phi) is 2.29. The molecule has 0 aliphatic carbocycles. The summed E-state index contributed by atoms with van der Waals surface area (Å²) in [6.45, 7) is 0. The molecule has 0 spiro atoms. The number of fused-ring (bicyclic) bond motifs is 3. The van der Waals surface area contributed by atoms with E-state index in [1.807, 2.05) is 0 Å². The summed E-state index contributed by atoms with van der Waals surface area (Å²) in [6.07, 6.45) is 0. The average molecular weight is 246 g/mol. The first-order valence-electron chi connectivity index (χ1n) is 6.51. The van der Waals surface area contributed by atoms with Gasteiger partial charge in [-0.15, -0.1) is 0 Å². The third-order valence-corrected chi connectivity index (χ3v) is 3.74. The van der Waals surface area contributed by atoms with Gasteiger partial charge in [-0.05, 0) is 22.4 Å². The molecule has 0 aromatic heterocycles. The average Bonchev–Trinajstić information content (AvgIpc) is 2.92. The first-order valence-corrected chi connectivity index (χ1v) is 6.51. The molecule has 1 unspecified atom stereocenters. The highest BCUT2D eigenvalue weighted by atomic mass is 15.4. The fraction of sp³-hybridized carbons (Fsp3) is 0.0588. The SMILES string of the molecule is c1ccc(C2NNc3ccc4ccccc4c32)cc1. The van der Waals surface area contributed by atoms with Crippen molar-refractivity contribution < 1.29 is 0 Å². The smallest absolute Gasteiger partial charge is 0.0786 e. The quantitative estimate of drug-likeness (QED) is 0.681. The van der Waals surface area contributed by atoms with E-state index in [-0.39, 0.29) is 6.04 Å². The number of hydrogen-bond acceptors (Lipinski definition) is 2. The number of hydrazine groups is 1. The zero-order chi connectivity index (χ0) is 12.7. The van der Waals surface area contributed by atoms with E-state index in [2.05, 4.69) is 77.6 Å². The number of benzene rings is 3. The first-order chi connectivity index (χ1) is 9.43. The molecule has 0 fully saturated rings. The molecule has 3 aromatic rings. The summed E-state index contributed by atoms with van der Waals surface area (Å²) in [5.41, 5.74) is 10.5. The zero-order valence-corrected chi connectivity index (χ0v) is 10.4. The molecular weight excluding hydrogens is 232 g/mol. The van der Waals surface area contributed by atoms with Gasteiger partial charge in [0, 0.05) is 5.56 Å². The van der Waals surface area contributed by atoms with Crippen molar-refractivity contribution in [3.05, 3.63) is 77.9 Å². The van der Waals surface area contributed by atoms with Gasteiger partial charge in [-0.2, -0.15) is 0 Å². The van der Waals surface area contributed by atoms with Crippen LogP contribution in [0.15, 0.2) is 66.7 Å². The maximum absolute atomic E-state index is 3.38. The lowest BCUT2D eigenvalue weighted by molar-refractivity contribution is 0.732. The molecule has 0 bridgehead atoms. The predicted octanol–water partition coefficient (Wildman–Crippen LogP) is 3.86. The van der Waals surface area contributed by atoms with Crippen molar-refractivity contribution in [1.29, 1.82) is 0 Å². The highest BCUT2D eigenvalue weighted by molar-refractivity contribution is 5.92.